The van der Waals surface area contributed by atoms with Gasteiger partial charge in [0.25, 0.3) is 0 Å². The first-order chi connectivity index (χ1) is 15.5. The van der Waals surface area contributed by atoms with Gasteiger partial charge in [0.2, 0.25) is 6.41 Å². The minimum absolute atomic E-state index is 0.197. The summed E-state index contributed by atoms with van der Waals surface area (Å²) < 4.78 is 20.8. The molecule has 0 saturated carbocycles. The van der Waals surface area contributed by atoms with E-state index in [2.05, 4.69) is 9.88 Å². The number of aliphatic hydroxyl groups excluding tert-OH is 1. The van der Waals surface area contributed by atoms with E-state index in [1.165, 1.54) is 11.1 Å². The second kappa shape index (κ2) is 10.4. The van der Waals surface area contributed by atoms with Crippen LogP contribution in [0, 0.1) is 12.7 Å². The molecule has 4 rings (SSSR count). The summed E-state index contributed by atoms with van der Waals surface area (Å²) >= 11 is 1.64. The third kappa shape index (κ3) is 5.60. The Kier molecular flexibility index (Phi) is 7.31. The summed E-state index contributed by atoms with van der Waals surface area (Å²) in [4.78, 5) is 18.2. The highest BCUT2D eigenvalue weighted by atomic mass is 32.1. The predicted octanol–water partition coefficient (Wildman–Crippen LogP) is 2.67. The maximum absolute atomic E-state index is 13.9. The Morgan fingerprint density at radius 3 is 2.78 bits per heavy atom. The monoisotopic (exact) mass is 458 g/mol. The standard InChI is InChI=1S/C23H27FN4O3S/c1-17-25-22-12-20(6-7-23(22)32-17)31-15-19(30)14-26-8-10-27(11-9-26)28(16-29)13-18-4-2-3-5-21(18)24/h2-7,12,16,19,30H,8-11,13-15H2,1H3/t19-/m1/s1. The number of hydrazine groups is 1. The topological polar surface area (TPSA) is 69.1 Å². The molecule has 1 N–H and O–H groups in total. The predicted molar refractivity (Wildman–Crippen MR) is 122 cm³/mol. The number of hydrogen-bond acceptors (Lipinski definition) is 7. The van der Waals surface area contributed by atoms with Gasteiger partial charge in [-0.15, -0.1) is 11.3 Å². The number of fused-ring (bicyclic) bond motifs is 1. The van der Waals surface area contributed by atoms with E-state index in [4.69, 9.17) is 4.74 Å². The van der Waals surface area contributed by atoms with Gasteiger partial charge in [0.15, 0.2) is 0 Å². The van der Waals surface area contributed by atoms with E-state index in [1.807, 2.05) is 30.1 Å². The maximum atomic E-state index is 13.9. The Morgan fingerprint density at radius 2 is 2.03 bits per heavy atom. The number of carbonyl (C=O) groups is 1. The number of β-amino-alcohol motifs (C(OH)–C–C–N with tert-alkyl or cyclic N) is 1. The van der Waals surface area contributed by atoms with Gasteiger partial charge in [-0.25, -0.2) is 14.4 Å². The molecule has 0 unspecified atom stereocenters. The molecule has 1 aliphatic rings. The molecular formula is C23H27FN4O3S. The summed E-state index contributed by atoms with van der Waals surface area (Å²) in [6.45, 7) is 5.51. The second-order valence-electron chi connectivity index (χ2n) is 7.88. The lowest BCUT2D eigenvalue weighted by molar-refractivity contribution is -0.140. The van der Waals surface area contributed by atoms with Crippen molar-refractivity contribution in [2.24, 2.45) is 0 Å². The number of ether oxygens (including phenoxy) is 1. The van der Waals surface area contributed by atoms with Crippen LogP contribution in [0.5, 0.6) is 5.75 Å². The molecule has 3 aromatic rings. The van der Waals surface area contributed by atoms with Crippen molar-refractivity contribution in [2.45, 2.75) is 19.6 Å². The fourth-order valence-electron chi connectivity index (χ4n) is 3.84. The summed E-state index contributed by atoms with van der Waals surface area (Å²) in [5, 5.41) is 14.9. The van der Waals surface area contributed by atoms with Crippen molar-refractivity contribution in [3.63, 3.8) is 0 Å². The number of halogens is 1. The van der Waals surface area contributed by atoms with E-state index in [0.717, 1.165) is 21.6 Å². The van der Waals surface area contributed by atoms with Crippen molar-refractivity contribution in [3.05, 3.63) is 58.9 Å². The highest BCUT2D eigenvalue weighted by Crippen LogP contribution is 2.25. The van der Waals surface area contributed by atoms with E-state index in [-0.39, 0.29) is 19.0 Å². The largest absolute Gasteiger partial charge is 0.491 e. The molecule has 1 aliphatic heterocycles. The Morgan fingerprint density at radius 1 is 1.25 bits per heavy atom. The number of nitrogens with zero attached hydrogens (tertiary/aromatic N) is 4. The SMILES string of the molecule is Cc1nc2cc(OC[C@H](O)CN3CCN(N(C=O)Cc4ccccc4F)CC3)ccc2s1. The van der Waals surface area contributed by atoms with Gasteiger partial charge in [-0.3, -0.25) is 14.7 Å². The smallest absolute Gasteiger partial charge is 0.224 e. The molecule has 1 amide bonds. The molecule has 1 saturated heterocycles. The van der Waals surface area contributed by atoms with Gasteiger partial charge >= 0.3 is 0 Å². The Bertz CT molecular complexity index is 1050. The van der Waals surface area contributed by atoms with Crippen LogP contribution in [-0.4, -0.2) is 76.9 Å². The van der Waals surface area contributed by atoms with Crippen molar-refractivity contribution in [1.82, 2.24) is 19.9 Å². The van der Waals surface area contributed by atoms with Crippen molar-refractivity contribution < 1.29 is 19.0 Å². The fraction of sp³-hybridized carbons (Fsp3) is 0.391. The van der Waals surface area contributed by atoms with E-state index in [9.17, 15) is 14.3 Å². The first-order valence-corrected chi connectivity index (χ1v) is 11.4. The van der Waals surface area contributed by atoms with Gasteiger partial charge < -0.3 is 9.84 Å². The molecule has 2 heterocycles. The van der Waals surface area contributed by atoms with Crippen LogP contribution in [-0.2, 0) is 11.3 Å². The number of aliphatic hydroxyl groups is 1. The van der Waals surface area contributed by atoms with Crippen molar-refractivity contribution in [1.29, 1.82) is 0 Å². The average Bonchev–Trinajstić information content (AvgIpc) is 3.17. The van der Waals surface area contributed by atoms with Gasteiger partial charge in [0.1, 0.15) is 24.3 Å². The fourth-order valence-corrected chi connectivity index (χ4v) is 4.64. The van der Waals surface area contributed by atoms with Crippen LogP contribution >= 0.6 is 11.3 Å². The lowest BCUT2D eigenvalue weighted by atomic mass is 10.2. The quantitative estimate of drug-likeness (QED) is 0.498. The number of hydrogen-bond donors (Lipinski definition) is 1. The number of rotatable bonds is 9. The van der Waals surface area contributed by atoms with Crippen LogP contribution in [0.2, 0.25) is 0 Å². The summed E-state index contributed by atoms with van der Waals surface area (Å²) in [6.07, 6.45) is 0.112. The molecular weight excluding hydrogens is 431 g/mol. The average molecular weight is 459 g/mol. The van der Waals surface area contributed by atoms with E-state index in [0.29, 0.717) is 44.0 Å². The second-order valence-corrected chi connectivity index (χ2v) is 9.11. The number of benzene rings is 2. The van der Waals surface area contributed by atoms with Gasteiger partial charge in [-0.1, -0.05) is 18.2 Å². The number of carbonyl (C=O) groups excluding carboxylic acids is 1. The minimum Gasteiger partial charge on any atom is -0.491 e. The van der Waals surface area contributed by atoms with Gasteiger partial charge in [0, 0.05) is 44.4 Å². The molecule has 1 aromatic heterocycles. The molecule has 7 nitrogen and oxygen atoms in total. The molecule has 2 aromatic carbocycles. The highest BCUT2D eigenvalue weighted by molar-refractivity contribution is 7.18. The number of piperazine rings is 1. The third-order valence-electron chi connectivity index (χ3n) is 5.50. The zero-order chi connectivity index (χ0) is 22.5. The van der Waals surface area contributed by atoms with Crippen LogP contribution in [0.3, 0.4) is 0 Å². The molecule has 1 fully saturated rings. The molecule has 0 aliphatic carbocycles. The maximum Gasteiger partial charge on any atom is 0.224 e. The minimum atomic E-state index is -0.630. The lowest BCUT2D eigenvalue weighted by Gasteiger charge is -2.39. The number of amides is 1. The van der Waals surface area contributed by atoms with E-state index >= 15 is 0 Å². The number of aromatic nitrogens is 1. The van der Waals surface area contributed by atoms with Crippen molar-refractivity contribution >= 4 is 28.0 Å². The Balaban J connectivity index is 1.23. The highest BCUT2D eigenvalue weighted by Gasteiger charge is 2.23. The molecule has 0 spiro atoms. The van der Waals surface area contributed by atoms with E-state index in [1.54, 1.807) is 29.5 Å². The first kappa shape index (κ1) is 22.6. The van der Waals surface area contributed by atoms with Crippen molar-refractivity contribution in [2.75, 3.05) is 39.3 Å². The first-order valence-electron chi connectivity index (χ1n) is 10.6. The summed E-state index contributed by atoms with van der Waals surface area (Å²) in [6, 6.07) is 12.3. The molecule has 9 heteroatoms. The molecule has 0 radical (unpaired) electrons. The lowest BCUT2D eigenvalue weighted by Crippen LogP contribution is -2.54. The Hall–Kier alpha value is -2.59. The number of aryl methyl sites for hydroxylation is 1. The Labute approximate surface area is 190 Å². The van der Waals surface area contributed by atoms with Gasteiger partial charge in [-0.05, 0) is 25.1 Å². The number of thiazole rings is 1. The molecule has 32 heavy (non-hydrogen) atoms. The summed E-state index contributed by atoms with van der Waals surface area (Å²) in [5.74, 6) is 0.381. The summed E-state index contributed by atoms with van der Waals surface area (Å²) in [7, 11) is 0. The molecule has 0 bridgehead atoms. The van der Waals surface area contributed by atoms with Crippen LogP contribution in [0.25, 0.3) is 10.2 Å². The van der Waals surface area contributed by atoms with Gasteiger partial charge in [0.05, 0.1) is 21.8 Å². The molecule has 170 valence electrons. The van der Waals surface area contributed by atoms with Crippen LogP contribution in [0.1, 0.15) is 10.6 Å². The van der Waals surface area contributed by atoms with Crippen LogP contribution in [0.15, 0.2) is 42.5 Å². The van der Waals surface area contributed by atoms with Crippen molar-refractivity contribution in [3.8, 4) is 5.75 Å². The van der Waals surface area contributed by atoms with Crippen LogP contribution in [0.4, 0.5) is 4.39 Å². The normalized spacial score (nSPS) is 16.2. The van der Waals surface area contributed by atoms with E-state index < -0.39 is 6.10 Å². The zero-order valence-electron chi connectivity index (χ0n) is 18.0. The zero-order valence-corrected chi connectivity index (χ0v) is 18.8. The van der Waals surface area contributed by atoms with Gasteiger partial charge in [-0.2, -0.15) is 0 Å². The van der Waals surface area contributed by atoms with Crippen LogP contribution < -0.4 is 4.74 Å². The third-order valence-corrected chi connectivity index (χ3v) is 6.45. The summed E-state index contributed by atoms with van der Waals surface area (Å²) in [5.41, 5.74) is 1.39. The molecule has 1 atom stereocenters.